The average Bonchev–Trinajstić information content (AvgIpc) is 3.26. The molecule has 2 amide bonds. The van der Waals surface area contributed by atoms with E-state index >= 15 is 0 Å². The lowest BCUT2D eigenvalue weighted by molar-refractivity contribution is -0.383. The Morgan fingerprint density at radius 2 is 1.83 bits per heavy atom. The van der Waals surface area contributed by atoms with Crippen LogP contribution in [-0.4, -0.2) is 39.7 Å². The molecule has 1 unspecified atom stereocenters. The maximum Gasteiger partial charge on any atom is 0.277 e. The number of carbonyl (C=O) groups excluding carboxylic acids is 2. The van der Waals surface area contributed by atoms with Crippen LogP contribution in [0.4, 0.5) is 11.4 Å². The number of hydrogen-bond donors (Lipinski definition) is 1. The highest BCUT2D eigenvalue weighted by atomic mass is 16.6. The van der Waals surface area contributed by atoms with Crippen molar-refractivity contribution >= 4 is 34.0 Å². The molecule has 3 saturated heterocycles. The Balaban J connectivity index is 1.66. The highest BCUT2D eigenvalue weighted by molar-refractivity contribution is 6.26. The minimum atomic E-state index is -0.827. The first kappa shape index (κ1) is 18.2. The molecule has 0 aromatic heterocycles. The Morgan fingerprint density at radius 3 is 2.52 bits per heavy atom. The SMILES string of the molecule is CC12CC[C@@](CCO)(O1)[C@H]1C(=O)N(c3ccc([N+](=O)[O-])c4ccccc34)C(=O)[C@H]12. The van der Waals surface area contributed by atoms with Gasteiger partial charge in [-0.15, -0.1) is 0 Å². The number of carbonyl (C=O) groups is 2. The van der Waals surface area contributed by atoms with Gasteiger partial charge in [-0.2, -0.15) is 0 Å². The zero-order valence-corrected chi connectivity index (χ0v) is 15.8. The molecular weight excluding hydrogens is 376 g/mol. The molecule has 8 heteroatoms. The Kier molecular flexibility index (Phi) is 3.66. The van der Waals surface area contributed by atoms with E-state index in [4.69, 9.17) is 4.74 Å². The molecule has 3 fully saturated rings. The maximum atomic E-state index is 13.5. The summed E-state index contributed by atoms with van der Waals surface area (Å²) >= 11 is 0. The van der Waals surface area contributed by atoms with E-state index in [0.29, 0.717) is 35.7 Å². The standard InChI is InChI=1S/C21H20N2O6/c1-20-8-9-21(29-20,10-11-24)17-16(20)18(25)22(19(17)26)14-6-7-15(23(27)28)13-5-3-2-4-12(13)14/h2-7,16-17,24H,8-11H2,1H3/t16-,17+,20?,21-/m0/s1. The van der Waals surface area contributed by atoms with Crippen LogP contribution in [0.1, 0.15) is 26.2 Å². The summed E-state index contributed by atoms with van der Waals surface area (Å²) in [5.41, 5.74) is -1.28. The van der Waals surface area contributed by atoms with Crippen molar-refractivity contribution in [3.05, 3.63) is 46.5 Å². The normalized spacial score (nSPS) is 33.0. The van der Waals surface area contributed by atoms with Gasteiger partial charge in [0, 0.05) is 24.5 Å². The summed E-state index contributed by atoms with van der Waals surface area (Å²) in [7, 11) is 0. The summed E-state index contributed by atoms with van der Waals surface area (Å²) in [5.74, 6) is -1.93. The molecule has 0 radical (unpaired) electrons. The van der Waals surface area contributed by atoms with Crippen molar-refractivity contribution in [2.75, 3.05) is 11.5 Å². The number of hydrogen-bond acceptors (Lipinski definition) is 6. The maximum absolute atomic E-state index is 13.5. The summed E-state index contributed by atoms with van der Waals surface area (Å²) in [6, 6.07) is 9.52. The van der Waals surface area contributed by atoms with E-state index in [9.17, 15) is 24.8 Å². The van der Waals surface area contributed by atoms with Gasteiger partial charge >= 0.3 is 0 Å². The van der Waals surface area contributed by atoms with Gasteiger partial charge in [0.1, 0.15) is 0 Å². The third kappa shape index (κ3) is 2.21. The number of amides is 2. The topological polar surface area (TPSA) is 110 Å². The number of nitro benzene ring substituents is 1. The first-order valence-corrected chi connectivity index (χ1v) is 9.68. The molecule has 2 bridgehead atoms. The lowest BCUT2D eigenvalue weighted by Crippen LogP contribution is -2.42. The van der Waals surface area contributed by atoms with Crippen LogP contribution in [0.5, 0.6) is 0 Å². The van der Waals surface area contributed by atoms with Crippen molar-refractivity contribution in [1.82, 2.24) is 0 Å². The number of imide groups is 1. The first-order chi connectivity index (χ1) is 13.8. The molecule has 5 rings (SSSR count). The van der Waals surface area contributed by atoms with Gasteiger partial charge in [0.25, 0.3) is 5.69 Å². The van der Waals surface area contributed by atoms with Gasteiger partial charge in [0.2, 0.25) is 11.8 Å². The van der Waals surface area contributed by atoms with Gasteiger partial charge in [-0.1, -0.05) is 18.2 Å². The van der Waals surface area contributed by atoms with Crippen LogP contribution < -0.4 is 4.90 Å². The Labute approximate surface area is 166 Å². The predicted molar refractivity (Wildman–Crippen MR) is 103 cm³/mol. The molecule has 3 heterocycles. The Hall–Kier alpha value is -2.84. The summed E-state index contributed by atoms with van der Waals surface area (Å²) < 4.78 is 6.20. The van der Waals surface area contributed by atoms with Crippen molar-refractivity contribution in [2.45, 2.75) is 37.4 Å². The van der Waals surface area contributed by atoms with Crippen molar-refractivity contribution in [2.24, 2.45) is 11.8 Å². The summed E-state index contributed by atoms with van der Waals surface area (Å²) in [6.45, 7) is 1.74. The number of rotatable bonds is 4. The number of nitrogens with zero attached hydrogens (tertiary/aromatic N) is 2. The molecule has 0 aliphatic carbocycles. The van der Waals surface area contributed by atoms with Crippen molar-refractivity contribution in [3.8, 4) is 0 Å². The fraction of sp³-hybridized carbons (Fsp3) is 0.429. The smallest absolute Gasteiger partial charge is 0.277 e. The molecule has 150 valence electrons. The lowest BCUT2D eigenvalue weighted by atomic mass is 9.67. The lowest BCUT2D eigenvalue weighted by Gasteiger charge is -2.30. The fourth-order valence-electron chi connectivity index (χ4n) is 5.66. The van der Waals surface area contributed by atoms with Gasteiger partial charge in [0.05, 0.1) is 39.0 Å². The first-order valence-electron chi connectivity index (χ1n) is 9.68. The van der Waals surface area contributed by atoms with E-state index in [1.54, 1.807) is 24.3 Å². The van der Waals surface area contributed by atoms with Gasteiger partial charge < -0.3 is 9.84 Å². The van der Waals surface area contributed by atoms with Gasteiger partial charge in [-0.25, -0.2) is 4.90 Å². The van der Waals surface area contributed by atoms with E-state index in [1.165, 1.54) is 17.0 Å². The largest absolute Gasteiger partial charge is 0.396 e. The van der Waals surface area contributed by atoms with E-state index in [2.05, 4.69) is 0 Å². The molecule has 4 atom stereocenters. The fourth-order valence-corrected chi connectivity index (χ4v) is 5.66. The molecule has 2 aromatic carbocycles. The number of anilines is 1. The quantitative estimate of drug-likeness (QED) is 0.483. The van der Waals surface area contributed by atoms with Gasteiger partial charge in [-0.05, 0) is 31.9 Å². The molecule has 2 aromatic rings. The summed E-state index contributed by atoms with van der Waals surface area (Å²) in [6.07, 6.45) is 1.58. The van der Waals surface area contributed by atoms with Crippen LogP contribution in [0.2, 0.25) is 0 Å². The van der Waals surface area contributed by atoms with Crippen molar-refractivity contribution < 1.29 is 24.4 Å². The molecule has 8 nitrogen and oxygen atoms in total. The molecule has 0 spiro atoms. The molecule has 1 N–H and O–H groups in total. The number of non-ortho nitro benzene ring substituents is 1. The van der Waals surface area contributed by atoms with Crippen molar-refractivity contribution in [3.63, 3.8) is 0 Å². The number of nitro groups is 1. The van der Waals surface area contributed by atoms with Crippen molar-refractivity contribution in [1.29, 1.82) is 0 Å². The van der Waals surface area contributed by atoms with E-state index in [1.807, 2.05) is 6.92 Å². The third-order valence-electron chi connectivity index (χ3n) is 6.86. The second-order valence-electron chi connectivity index (χ2n) is 8.33. The highest BCUT2D eigenvalue weighted by Crippen LogP contribution is 2.62. The molecule has 3 aliphatic rings. The number of fused-ring (bicyclic) bond motifs is 6. The molecule has 29 heavy (non-hydrogen) atoms. The summed E-state index contributed by atoms with van der Waals surface area (Å²) in [4.78, 5) is 39.0. The number of benzene rings is 2. The van der Waals surface area contributed by atoms with Gasteiger partial charge in [0.15, 0.2) is 0 Å². The van der Waals surface area contributed by atoms with E-state index in [0.717, 1.165) is 0 Å². The third-order valence-corrected chi connectivity index (χ3v) is 6.86. The second-order valence-corrected chi connectivity index (χ2v) is 8.33. The molecule has 0 saturated carbocycles. The molecular formula is C21H20N2O6. The van der Waals surface area contributed by atoms with Crippen LogP contribution in [0.25, 0.3) is 10.8 Å². The van der Waals surface area contributed by atoms with Crippen LogP contribution in [0.3, 0.4) is 0 Å². The van der Waals surface area contributed by atoms with Crippen LogP contribution in [0, 0.1) is 22.0 Å². The number of aliphatic hydroxyl groups excluding tert-OH is 1. The van der Waals surface area contributed by atoms with Crippen LogP contribution >= 0.6 is 0 Å². The zero-order valence-electron chi connectivity index (χ0n) is 15.8. The van der Waals surface area contributed by atoms with E-state index < -0.39 is 28.0 Å². The summed E-state index contributed by atoms with van der Waals surface area (Å²) in [5, 5.41) is 21.8. The Morgan fingerprint density at radius 1 is 1.14 bits per heavy atom. The Bertz CT molecular complexity index is 1080. The molecule has 3 aliphatic heterocycles. The van der Waals surface area contributed by atoms with Crippen LogP contribution in [0.15, 0.2) is 36.4 Å². The zero-order chi connectivity index (χ0) is 20.6. The minimum absolute atomic E-state index is 0.0734. The average molecular weight is 396 g/mol. The van der Waals surface area contributed by atoms with Crippen LogP contribution in [-0.2, 0) is 14.3 Å². The number of aliphatic hydroxyl groups is 1. The highest BCUT2D eigenvalue weighted by Gasteiger charge is 2.73. The predicted octanol–water partition coefficient (Wildman–Crippen LogP) is 2.56. The number of ether oxygens (including phenoxy) is 1. The monoisotopic (exact) mass is 396 g/mol. The van der Waals surface area contributed by atoms with Gasteiger partial charge in [-0.3, -0.25) is 19.7 Å². The minimum Gasteiger partial charge on any atom is -0.396 e. The van der Waals surface area contributed by atoms with E-state index in [-0.39, 0.29) is 24.1 Å². The second kappa shape index (κ2) is 5.84.